The van der Waals surface area contributed by atoms with Gasteiger partial charge in [0.1, 0.15) is 35.4 Å². The maximum absolute atomic E-state index is 12.6. The lowest BCUT2D eigenvalue weighted by molar-refractivity contribution is 0.0928. The van der Waals surface area contributed by atoms with Gasteiger partial charge in [0.2, 0.25) is 0 Å². The molecule has 154 valence electrons. The molecular weight excluding hydrogens is 420 g/mol. The largest absolute Gasteiger partial charge is 0.358 e. The van der Waals surface area contributed by atoms with Crippen LogP contribution < -0.4 is 10.6 Å². The molecule has 0 aliphatic heterocycles. The zero-order valence-electron chi connectivity index (χ0n) is 16.0. The highest BCUT2D eigenvalue weighted by molar-refractivity contribution is 7.13. The third-order valence-electron chi connectivity index (χ3n) is 4.27. The molecule has 0 saturated heterocycles. The number of thiazole rings is 1. The third kappa shape index (κ3) is 3.93. The van der Waals surface area contributed by atoms with Crippen molar-refractivity contribution >= 4 is 39.4 Å². The van der Waals surface area contributed by atoms with Crippen LogP contribution in [0.5, 0.6) is 0 Å². The summed E-state index contributed by atoms with van der Waals surface area (Å²) < 4.78 is 5.39. The fourth-order valence-corrected chi connectivity index (χ4v) is 3.31. The van der Waals surface area contributed by atoms with E-state index in [4.69, 9.17) is 4.52 Å². The van der Waals surface area contributed by atoms with Crippen molar-refractivity contribution in [2.24, 2.45) is 0 Å². The molecule has 31 heavy (non-hydrogen) atoms. The molecule has 5 aromatic heterocycles. The van der Waals surface area contributed by atoms with Crippen molar-refractivity contribution in [1.82, 2.24) is 45.4 Å². The van der Waals surface area contributed by atoms with E-state index in [0.29, 0.717) is 39.4 Å². The molecule has 5 rings (SSSR count). The SMILES string of the molecule is C[C@@H](NC(=O)c1cc(Nc2nccs2)ncn1)c1cc(-c2nc3ncncc3[nH]2)no1. The molecule has 0 saturated carbocycles. The van der Waals surface area contributed by atoms with Crippen LogP contribution in [-0.4, -0.2) is 46.0 Å². The van der Waals surface area contributed by atoms with Crippen LogP contribution >= 0.6 is 11.3 Å². The highest BCUT2D eigenvalue weighted by Gasteiger charge is 2.19. The second-order valence-corrected chi connectivity index (χ2v) is 7.30. The summed E-state index contributed by atoms with van der Waals surface area (Å²) in [5.41, 5.74) is 1.92. The summed E-state index contributed by atoms with van der Waals surface area (Å²) in [6, 6.07) is 2.79. The zero-order valence-corrected chi connectivity index (χ0v) is 16.8. The van der Waals surface area contributed by atoms with Gasteiger partial charge in [0.25, 0.3) is 5.91 Å². The van der Waals surface area contributed by atoms with Crippen LogP contribution in [0.15, 0.2) is 47.1 Å². The Labute approximate surface area is 178 Å². The number of carbonyl (C=O) groups is 1. The van der Waals surface area contributed by atoms with Crippen LogP contribution in [-0.2, 0) is 0 Å². The number of carbonyl (C=O) groups excluding carboxylic acids is 1. The Balaban J connectivity index is 1.29. The fraction of sp³-hybridized carbons (Fsp3) is 0.111. The number of aromatic amines is 1. The number of aromatic nitrogens is 8. The van der Waals surface area contributed by atoms with Crippen LogP contribution in [0.1, 0.15) is 29.2 Å². The van der Waals surface area contributed by atoms with E-state index in [1.54, 1.807) is 31.5 Å². The highest BCUT2D eigenvalue weighted by atomic mass is 32.1. The normalized spacial score (nSPS) is 12.0. The summed E-state index contributed by atoms with van der Waals surface area (Å²) in [5.74, 6) is 1.05. The summed E-state index contributed by atoms with van der Waals surface area (Å²) in [5, 5.41) is 12.4. The van der Waals surface area contributed by atoms with Crippen molar-refractivity contribution < 1.29 is 9.32 Å². The first kappa shape index (κ1) is 18.7. The molecule has 0 unspecified atom stereocenters. The van der Waals surface area contributed by atoms with E-state index in [0.717, 1.165) is 0 Å². The van der Waals surface area contributed by atoms with Gasteiger partial charge in [-0.1, -0.05) is 5.16 Å². The number of H-pyrrole nitrogens is 1. The third-order valence-corrected chi connectivity index (χ3v) is 4.96. The summed E-state index contributed by atoms with van der Waals surface area (Å²) in [7, 11) is 0. The summed E-state index contributed by atoms with van der Waals surface area (Å²) in [6.45, 7) is 1.78. The smallest absolute Gasteiger partial charge is 0.270 e. The molecular formula is C18H14N10O2S. The second-order valence-electron chi connectivity index (χ2n) is 6.41. The molecule has 0 aliphatic carbocycles. The average Bonchev–Trinajstić information content (AvgIpc) is 3.53. The Morgan fingerprint density at radius 1 is 1.19 bits per heavy atom. The monoisotopic (exact) mass is 434 g/mol. The maximum Gasteiger partial charge on any atom is 0.270 e. The minimum absolute atomic E-state index is 0.205. The molecule has 0 fully saturated rings. The van der Waals surface area contributed by atoms with E-state index in [1.165, 1.54) is 24.0 Å². The van der Waals surface area contributed by atoms with Crippen molar-refractivity contribution in [3.63, 3.8) is 0 Å². The van der Waals surface area contributed by atoms with Crippen molar-refractivity contribution in [3.05, 3.63) is 54.0 Å². The number of amides is 1. The Morgan fingerprint density at radius 3 is 2.97 bits per heavy atom. The van der Waals surface area contributed by atoms with Crippen LogP contribution in [0.4, 0.5) is 10.9 Å². The molecule has 0 aromatic carbocycles. The van der Waals surface area contributed by atoms with Crippen molar-refractivity contribution in [2.75, 3.05) is 5.32 Å². The summed E-state index contributed by atoms with van der Waals surface area (Å²) in [6.07, 6.45) is 6.03. The van der Waals surface area contributed by atoms with Gasteiger partial charge in [-0.05, 0) is 6.92 Å². The molecule has 3 N–H and O–H groups in total. The average molecular weight is 434 g/mol. The fourth-order valence-electron chi connectivity index (χ4n) is 2.77. The van der Waals surface area contributed by atoms with Gasteiger partial charge in [0, 0.05) is 23.7 Å². The lowest BCUT2D eigenvalue weighted by Gasteiger charge is -2.10. The summed E-state index contributed by atoms with van der Waals surface area (Å²) in [4.78, 5) is 40.4. The molecule has 12 nitrogen and oxygen atoms in total. The lowest BCUT2D eigenvalue weighted by atomic mass is 10.2. The lowest BCUT2D eigenvalue weighted by Crippen LogP contribution is -2.27. The van der Waals surface area contributed by atoms with E-state index < -0.39 is 6.04 Å². The first-order valence-corrected chi connectivity index (χ1v) is 9.96. The second kappa shape index (κ2) is 7.87. The number of hydrogen-bond acceptors (Lipinski definition) is 11. The molecule has 1 amide bonds. The Morgan fingerprint density at radius 2 is 2.13 bits per heavy atom. The molecule has 5 heterocycles. The van der Waals surface area contributed by atoms with Gasteiger partial charge in [-0.15, -0.1) is 11.3 Å². The summed E-state index contributed by atoms with van der Waals surface area (Å²) >= 11 is 1.42. The molecule has 1 atom stereocenters. The topological polar surface area (TPSA) is 160 Å². The minimum atomic E-state index is -0.455. The number of nitrogens with zero attached hydrogens (tertiary/aromatic N) is 7. The molecule has 0 bridgehead atoms. The van der Waals surface area contributed by atoms with Crippen LogP contribution in [0.2, 0.25) is 0 Å². The van der Waals surface area contributed by atoms with Gasteiger partial charge in [0.15, 0.2) is 22.4 Å². The zero-order chi connectivity index (χ0) is 21.2. The van der Waals surface area contributed by atoms with Crippen molar-refractivity contribution in [3.8, 4) is 11.5 Å². The quantitative estimate of drug-likeness (QED) is 0.362. The number of hydrogen-bond donors (Lipinski definition) is 3. The Kier molecular flexibility index (Phi) is 4.76. The van der Waals surface area contributed by atoms with Crippen LogP contribution in [0, 0.1) is 0 Å². The van der Waals surface area contributed by atoms with Gasteiger partial charge in [-0.25, -0.2) is 29.9 Å². The highest BCUT2D eigenvalue weighted by Crippen LogP contribution is 2.22. The van der Waals surface area contributed by atoms with E-state index in [-0.39, 0.29) is 11.6 Å². The van der Waals surface area contributed by atoms with E-state index in [2.05, 4.69) is 50.7 Å². The Hall–Kier alpha value is -4.26. The van der Waals surface area contributed by atoms with Gasteiger partial charge >= 0.3 is 0 Å². The number of rotatable bonds is 6. The number of imidazole rings is 1. The van der Waals surface area contributed by atoms with E-state index >= 15 is 0 Å². The number of fused-ring (bicyclic) bond motifs is 1. The van der Waals surface area contributed by atoms with Crippen LogP contribution in [0.25, 0.3) is 22.7 Å². The van der Waals surface area contributed by atoms with Crippen molar-refractivity contribution in [2.45, 2.75) is 13.0 Å². The van der Waals surface area contributed by atoms with E-state index in [9.17, 15) is 4.79 Å². The molecule has 0 aliphatic rings. The van der Waals surface area contributed by atoms with E-state index in [1.807, 2.05) is 5.38 Å². The predicted molar refractivity (Wildman–Crippen MR) is 110 cm³/mol. The predicted octanol–water partition coefficient (Wildman–Crippen LogP) is 2.49. The first-order chi connectivity index (χ1) is 15.2. The maximum atomic E-state index is 12.6. The molecule has 0 radical (unpaired) electrons. The van der Waals surface area contributed by atoms with Gasteiger partial charge < -0.3 is 20.1 Å². The number of nitrogens with one attached hydrogen (secondary N) is 3. The molecule has 0 spiro atoms. The number of anilines is 2. The van der Waals surface area contributed by atoms with Gasteiger partial charge in [-0.2, -0.15) is 0 Å². The van der Waals surface area contributed by atoms with Crippen LogP contribution in [0.3, 0.4) is 0 Å². The molecule has 13 heteroatoms. The first-order valence-electron chi connectivity index (χ1n) is 9.08. The van der Waals surface area contributed by atoms with Gasteiger partial charge in [0.05, 0.1) is 12.2 Å². The molecule has 5 aromatic rings. The standard InChI is InChI=1S/C18H14N10O2S/c1-9(13-4-10(28-30-13)16-25-12-6-19-7-23-15(12)27-16)24-17(29)11-5-14(22-8-21-11)26-18-20-2-3-31-18/h2-9H,1H3,(H,24,29)(H,19,23,25,27)(H,20,21,22,26)/t9-/m1/s1. The Bertz CT molecular complexity index is 1310. The van der Waals surface area contributed by atoms with Gasteiger partial charge in [-0.3, -0.25) is 4.79 Å². The van der Waals surface area contributed by atoms with Crippen molar-refractivity contribution in [1.29, 1.82) is 0 Å². The minimum Gasteiger partial charge on any atom is -0.358 e.